The van der Waals surface area contributed by atoms with Crippen LogP contribution in [0.2, 0.25) is 0 Å². The predicted molar refractivity (Wildman–Crippen MR) is 208 cm³/mol. The number of carbonyl (C=O) groups is 4. The molecule has 10 nitrogen and oxygen atoms in total. The molecule has 54 heavy (non-hydrogen) atoms. The van der Waals surface area contributed by atoms with Crippen LogP contribution in [0, 0.1) is 0 Å². The van der Waals surface area contributed by atoms with Gasteiger partial charge in [0.05, 0.1) is 38.1 Å². The van der Waals surface area contributed by atoms with Crippen LogP contribution in [0.15, 0.2) is 73.3 Å². The fourth-order valence-electron chi connectivity index (χ4n) is 6.11. The van der Waals surface area contributed by atoms with E-state index in [0.29, 0.717) is 67.5 Å². The average Bonchev–Trinajstić information content (AvgIpc) is 3.18. The minimum atomic E-state index is -0.409. The van der Waals surface area contributed by atoms with E-state index in [1.54, 1.807) is 31.2 Å². The van der Waals surface area contributed by atoms with Gasteiger partial charge in [-0.2, -0.15) is 0 Å². The lowest BCUT2D eigenvalue weighted by atomic mass is 9.83. The highest BCUT2D eigenvalue weighted by atomic mass is 16.5. The molecule has 0 heterocycles. The van der Waals surface area contributed by atoms with Crippen molar-refractivity contribution < 1.29 is 47.6 Å². The average molecular weight is 749 g/mol. The normalized spacial score (nSPS) is 15.1. The van der Waals surface area contributed by atoms with E-state index in [4.69, 9.17) is 28.4 Å². The molecule has 1 fully saturated rings. The van der Waals surface area contributed by atoms with Crippen LogP contribution in [0.25, 0.3) is 0 Å². The monoisotopic (exact) mass is 748 g/mol. The molecule has 1 saturated carbocycles. The molecule has 2 aromatic rings. The van der Waals surface area contributed by atoms with Crippen molar-refractivity contribution in [1.82, 2.24) is 0 Å². The van der Waals surface area contributed by atoms with E-state index in [9.17, 15) is 19.2 Å². The first kappa shape index (κ1) is 44.0. The number of esters is 4. The Labute approximate surface area is 321 Å². The van der Waals surface area contributed by atoms with E-state index < -0.39 is 5.97 Å². The molecule has 0 saturated heterocycles. The summed E-state index contributed by atoms with van der Waals surface area (Å²) in [5, 5.41) is 0. The van der Waals surface area contributed by atoms with Crippen LogP contribution in [0.1, 0.15) is 131 Å². The summed E-state index contributed by atoms with van der Waals surface area (Å²) in [7, 11) is 0. The molecular weight excluding hydrogens is 688 g/mol. The lowest BCUT2D eigenvalue weighted by Crippen LogP contribution is -2.21. The molecule has 296 valence electrons. The highest BCUT2D eigenvalue weighted by molar-refractivity contribution is 5.91. The van der Waals surface area contributed by atoms with Gasteiger partial charge >= 0.3 is 23.9 Å². The fraction of sp³-hybridized carbons (Fsp3) is 0.545. The van der Waals surface area contributed by atoms with Gasteiger partial charge in [0.1, 0.15) is 11.5 Å². The third kappa shape index (κ3) is 18.5. The predicted octanol–water partition coefficient (Wildman–Crippen LogP) is 9.40. The number of carbonyl (C=O) groups excluding carboxylic acids is 4. The SMILES string of the molecule is C=CC(=O)OCCCCCCOc1ccc(C(=O)Oc2ccc(C3CCC(OCCCCCCOC(=O)CCCCCOC(=O)C(=C)C)CC3)cc2)cc1. The van der Waals surface area contributed by atoms with Crippen LogP contribution >= 0.6 is 0 Å². The summed E-state index contributed by atoms with van der Waals surface area (Å²) in [6.45, 7) is 11.1. The van der Waals surface area contributed by atoms with Crippen molar-refractivity contribution >= 4 is 23.9 Å². The maximum atomic E-state index is 12.7. The zero-order valence-corrected chi connectivity index (χ0v) is 32.2. The highest BCUT2D eigenvalue weighted by Gasteiger charge is 2.23. The summed E-state index contributed by atoms with van der Waals surface area (Å²) < 4.78 is 32.9. The Kier molecular flexibility index (Phi) is 21.5. The Morgan fingerprint density at radius 2 is 1.20 bits per heavy atom. The molecule has 1 aliphatic carbocycles. The molecule has 0 aromatic heterocycles. The summed E-state index contributed by atoms with van der Waals surface area (Å²) >= 11 is 0. The molecule has 0 unspecified atom stereocenters. The standard InChI is InChI=1S/C44H60O10/c1-4-41(45)51-31-13-7-5-11-30-50-39-25-21-37(22-26-39)44(48)54-40-27-19-36(20-28-40)35-17-23-38(24-18-35)49-29-12-6-8-14-32-52-42(46)16-10-9-15-33-53-43(47)34(2)3/h4,19-22,25-28,35,38H,1-2,5-18,23-24,29-33H2,3H3. The molecule has 0 amide bonds. The second-order valence-corrected chi connectivity index (χ2v) is 13.8. The molecule has 0 N–H and O–H groups in total. The summed E-state index contributed by atoms with van der Waals surface area (Å²) in [6, 6.07) is 14.8. The zero-order chi connectivity index (χ0) is 38.8. The van der Waals surface area contributed by atoms with E-state index in [2.05, 4.69) is 25.3 Å². The van der Waals surface area contributed by atoms with Gasteiger partial charge in [-0.25, -0.2) is 14.4 Å². The third-order valence-corrected chi connectivity index (χ3v) is 9.31. The van der Waals surface area contributed by atoms with Crippen LogP contribution in [0.5, 0.6) is 11.5 Å². The van der Waals surface area contributed by atoms with Crippen LogP contribution in [-0.2, 0) is 33.3 Å². The number of hydrogen-bond donors (Lipinski definition) is 0. The molecule has 2 aromatic carbocycles. The van der Waals surface area contributed by atoms with E-state index in [0.717, 1.165) is 103 Å². The van der Waals surface area contributed by atoms with E-state index in [1.165, 1.54) is 11.6 Å². The Morgan fingerprint density at radius 3 is 1.83 bits per heavy atom. The molecule has 3 rings (SSSR count). The van der Waals surface area contributed by atoms with Gasteiger partial charge in [-0.3, -0.25) is 4.79 Å². The van der Waals surface area contributed by atoms with Crippen molar-refractivity contribution in [3.8, 4) is 11.5 Å². The van der Waals surface area contributed by atoms with E-state index in [1.807, 2.05) is 12.1 Å². The van der Waals surface area contributed by atoms with Gasteiger partial charge in [-0.15, -0.1) is 0 Å². The maximum absolute atomic E-state index is 12.7. The van der Waals surface area contributed by atoms with Crippen molar-refractivity contribution in [2.24, 2.45) is 0 Å². The van der Waals surface area contributed by atoms with Gasteiger partial charge in [0.25, 0.3) is 0 Å². The first-order chi connectivity index (χ1) is 26.2. The van der Waals surface area contributed by atoms with Crippen molar-refractivity contribution in [2.45, 2.75) is 122 Å². The van der Waals surface area contributed by atoms with Gasteiger partial charge in [0.2, 0.25) is 0 Å². The molecular formula is C44H60O10. The smallest absolute Gasteiger partial charge is 0.343 e. The summed E-state index contributed by atoms with van der Waals surface area (Å²) in [6.07, 6.45) is 15.9. The zero-order valence-electron chi connectivity index (χ0n) is 32.2. The van der Waals surface area contributed by atoms with Crippen molar-refractivity contribution in [1.29, 1.82) is 0 Å². The van der Waals surface area contributed by atoms with E-state index >= 15 is 0 Å². The number of rotatable bonds is 27. The molecule has 1 aliphatic rings. The lowest BCUT2D eigenvalue weighted by Gasteiger charge is -2.29. The van der Waals surface area contributed by atoms with Crippen molar-refractivity contribution in [2.75, 3.05) is 33.0 Å². The molecule has 10 heteroatoms. The van der Waals surface area contributed by atoms with Crippen LogP contribution in [0.3, 0.4) is 0 Å². The van der Waals surface area contributed by atoms with Gasteiger partial charge in [-0.1, -0.05) is 31.7 Å². The summed E-state index contributed by atoms with van der Waals surface area (Å²) in [5.41, 5.74) is 2.11. The van der Waals surface area contributed by atoms with Gasteiger partial charge < -0.3 is 28.4 Å². The first-order valence-corrected chi connectivity index (χ1v) is 19.7. The van der Waals surface area contributed by atoms with Gasteiger partial charge in [-0.05, 0) is 145 Å². The number of hydrogen-bond acceptors (Lipinski definition) is 10. The minimum Gasteiger partial charge on any atom is -0.494 e. The molecule has 0 aliphatic heterocycles. The number of ether oxygens (including phenoxy) is 6. The second kappa shape index (κ2) is 26.4. The minimum absolute atomic E-state index is 0.167. The first-order valence-electron chi connectivity index (χ1n) is 19.7. The Morgan fingerprint density at radius 1 is 0.648 bits per heavy atom. The quantitative estimate of drug-likeness (QED) is 0.0287. The van der Waals surface area contributed by atoms with E-state index in [-0.39, 0.29) is 17.9 Å². The number of benzene rings is 2. The largest absolute Gasteiger partial charge is 0.494 e. The maximum Gasteiger partial charge on any atom is 0.343 e. The highest BCUT2D eigenvalue weighted by Crippen LogP contribution is 2.35. The molecule has 0 spiro atoms. The van der Waals surface area contributed by atoms with Crippen LogP contribution < -0.4 is 9.47 Å². The van der Waals surface area contributed by atoms with Crippen molar-refractivity contribution in [3.63, 3.8) is 0 Å². The Bertz CT molecular complexity index is 1420. The molecule has 0 atom stereocenters. The molecule has 0 radical (unpaired) electrons. The second-order valence-electron chi connectivity index (χ2n) is 13.8. The lowest BCUT2D eigenvalue weighted by molar-refractivity contribution is -0.144. The summed E-state index contributed by atoms with van der Waals surface area (Å²) in [4.78, 5) is 47.0. The van der Waals surface area contributed by atoms with Crippen molar-refractivity contribution in [3.05, 3.63) is 84.5 Å². The Hall–Kier alpha value is -4.44. The molecule has 0 bridgehead atoms. The van der Waals surface area contributed by atoms with Crippen LogP contribution in [-0.4, -0.2) is 63.0 Å². The van der Waals surface area contributed by atoms with Crippen LogP contribution in [0.4, 0.5) is 0 Å². The number of unbranched alkanes of at least 4 members (excludes halogenated alkanes) is 8. The van der Waals surface area contributed by atoms with Gasteiger partial charge in [0.15, 0.2) is 0 Å². The third-order valence-electron chi connectivity index (χ3n) is 9.31. The van der Waals surface area contributed by atoms with Gasteiger partial charge in [0, 0.05) is 24.7 Å². The summed E-state index contributed by atoms with van der Waals surface area (Å²) in [5.74, 6) is 0.351. The fourth-order valence-corrected chi connectivity index (χ4v) is 6.11. The topological polar surface area (TPSA) is 124 Å². The Balaban J connectivity index is 1.18.